The van der Waals surface area contributed by atoms with Crippen LogP contribution in [0.25, 0.3) is 0 Å². The van der Waals surface area contributed by atoms with Crippen molar-refractivity contribution in [3.63, 3.8) is 0 Å². The van der Waals surface area contributed by atoms with Gasteiger partial charge in [0, 0.05) is 21.5 Å². The maximum atomic E-state index is 13.8. The van der Waals surface area contributed by atoms with Gasteiger partial charge in [0.25, 0.3) is 0 Å². The van der Waals surface area contributed by atoms with E-state index in [9.17, 15) is 17.6 Å². The highest BCUT2D eigenvalue weighted by molar-refractivity contribution is 7.89. The van der Waals surface area contributed by atoms with Crippen molar-refractivity contribution in [2.24, 2.45) is 0 Å². The van der Waals surface area contributed by atoms with E-state index in [0.29, 0.717) is 34.3 Å². The lowest BCUT2D eigenvalue weighted by molar-refractivity contribution is -0.133. The van der Waals surface area contributed by atoms with E-state index in [1.54, 1.807) is 46.6 Å². The molecule has 1 atom stereocenters. The predicted molar refractivity (Wildman–Crippen MR) is 141 cm³/mol. The summed E-state index contributed by atoms with van der Waals surface area (Å²) in [6.07, 6.45) is 2.07. The minimum atomic E-state index is -4.16. The van der Waals surface area contributed by atoms with Gasteiger partial charge in [-0.05, 0) is 77.5 Å². The van der Waals surface area contributed by atoms with E-state index in [2.05, 4.69) is 0 Å². The molecule has 6 nitrogen and oxygen atoms in total. The molecule has 0 fully saturated rings. The van der Waals surface area contributed by atoms with Gasteiger partial charge in [0.05, 0.1) is 30.3 Å². The average molecular weight is 580 g/mol. The lowest BCUT2D eigenvalue weighted by Gasteiger charge is -2.37. The largest absolute Gasteiger partial charge is 0.468 e. The van der Waals surface area contributed by atoms with Gasteiger partial charge < -0.3 is 9.32 Å². The molecule has 1 amide bonds. The summed E-state index contributed by atoms with van der Waals surface area (Å²) in [5, 5.41) is 2.86. The van der Waals surface area contributed by atoms with Crippen LogP contribution in [0.5, 0.6) is 0 Å². The van der Waals surface area contributed by atoms with Crippen LogP contribution < -0.4 is 0 Å². The second kappa shape index (κ2) is 10.6. The molecular formula is C26H21Cl2FN2O4S2. The Morgan fingerprint density at radius 3 is 2.59 bits per heavy atom. The first-order valence-electron chi connectivity index (χ1n) is 11.3. The molecule has 0 saturated heterocycles. The smallest absolute Gasteiger partial charge is 0.243 e. The second-order valence-corrected chi connectivity index (χ2v) is 12.3. The number of furan rings is 1. The first-order valence-corrected chi connectivity index (χ1v) is 14.4. The van der Waals surface area contributed by atoms with Crippen molar-refractivity contribution in [3.05, 3.63) is 110 Å². The third kappa shape index (κ3) is 5.32. The summed E-state index contributed by atoms with van der Waals surface area (Å²) >= 11 is 14.3. The molecule has 4 aromatic rings. The highest BCUT2D eigenvalue weighted by atomic mass is 35.5. The van der Waals surface area contributed by atoms with E-state index in [4.69, 9.17) is 27.6 Å². The summed E-state index contributed by atoms with van der Waals surface area (Å²) in [4.78, 5) is 16.5. The number of carbonyl (C=O) groups is 1. The normalized spacial score (nSPS) is 15.7. The monoisotopic (exact) mass is 578 g/mol. The Morgan fingerprint density at radius 1 is 1.11 bits per heavy atom. The van der Waals surface area contributed by atoms with Gasteiger partial charge in [-0.15, -0.1) is 11.3 Å². The highest BCUT2D eigenvalue weighted by Crippen LogP contribution is 2.41. The molecule has 192 valence electrons. The fourth-order valence-electron chi connectivity index (χ4n) is 4.44. The number of thiophene rings is 1. The quantitative estimate of drug-likeness (QED) is 0.263. The molecule has 2 aromatic heterocycles. The molecule has 2 aromatic carbocycles. The van der Waals surface area contributed by atoms with E-state index in [-0.39, 0.29) is 11.4 Å². The van der Waals surface area contributed by atoms with Crippen LogP contribution >= 0.6 is 34.5 Å². The van der Waals surface area contributed by atoms with Crippen LogP contribution in [-0.2, 0) is 27.8 Å². The van der Waals surface area contributed by atoms with Crippen LogP contribution in [0.2, 0.25) is 10.0 Å². The predicted octanol–water partition coefficient (Wildman–Crippen LogP) is 6.15. The van der Waals surface area contributed by atoms with Gasteiger partial charge in [-0.25, -0.2) is 12.8 Å². The lowest BCUT2D eigenvalue weighted by atomic mass is 9.93. The Kier molecular flexibility index (Phi) is 7.42. The number of carbonyl (C=O) groups excluding carboxylic acids is 1. The Morgan fingerprint density at radius 2 is 1.89 bits per heavy atom. The van der Waals surface area contributed by atoms with Crippen LogP contribution in [0, 0.1) is 5.82 Å². The first kappa shape index (κ1) is 25.9. The minimum absolute atomic E-state index is 0.121. The number of benzene rings is 2. The fraction of sp³-hybridized carbons (Fsp3) is 0.192. The van der Waals surface area contributed by atoms with Crippen molar-refractivity contribution < 1.29 is 22.0 Å². The molecule has 0 spiro atoms. The molecule has 1 aliphatic rings. The van der Waals surface area contributed by atoms with E-state index in [1.807, 2.05) is 11.4 Å². The number of halogens is 3. The van der Waals surface area contributed by atoms with E-state index in [1.165, 1.54) is 18.4 Å². The van der Waals surface area contributed by atoms with Gasteiger partial charge in [0.1, 0.15) is 11.6 Å². The summed E-state index contributed by atoms with van der Waals surface area (Å²) in [6, 6.07) is 14.4. The molecule has 0 N–H and O–H groups in total. The second-order valence-electron chi connectivity index (χ2n) is 8.51. The molecule has 5 rings (SSSR count). The number of nitrogens with zero attached hydrogens (tertiary/aromatic N) is 2. The Hall–Kier alpha value is -2.69. The number of rotatable bonds is 7. The zero-order valence-electron chi connectivity index (χ0n) is 19.3. The van der Waals surface area contributed by atoms with Crippen LogP contribution in [0.1, 0.15) is 27.8 Å². The maximum absolute atomic E-state index is 13.8. The average Bonchev–Trinajstić information content (AvgIpc) is 3.55. The van der Waals surface area contributed by atoms with Crippen molar-refractivity contribution in [2.45, 2.75) is 23.9 Å². The van der Waals surface area contributed by atoms with Crippen molar-refractivity contribution >= 4 is 50.5 Å². The van der Waals surface area contributed by atoms with Crippen molar-refractivity contribution in [1.29, 1.82) is 0 Å². The Balaban J connectivity index is 1.50. The van der Waals surface area contributed by atoms with Crippen molar-refractivity contribution in [2.75, 3.05) is 13.1 Å². The van der Waals surface area contributed by atoms with Crippen molar-refractivity contribution in [1.82, 2.24) is 9.21 Å². The van der Waals surface area contributed by atoms with Crippen LogP contribution in [0.3, 0.4) is 0 Å². The van der Waals surface area contributed by atoms with Gasteiger partial charge in [0.15, 0.2) is 0 Å². The summed E-state index contributed by atoms with van der Waals surface area (Å²) in [6.45, 7) is -0.217. The van der Waals surface area contributed by atoms with Gasteiger partial charge in [-0.2, -0.15) is 4.31 Å². The summed E-state index contributed by atoms with van der Waals surface area (Å²) in [5.74, 6) is -0.588. The fourth-order valence-corrected chi connectivity index (χ4v) is 7.21. The number of fused-ring (bicyclic) bond motifs is 1. The number of sulfonamides is 1. The Labute approximate surface area is 227 Å². The maximum Gasteiger partial charge on any atom is 0.243 e. The molecule has 3 heterocycles. The first-order chi connectivity index (χ1) is 17.7. The minimum Gasteiger partial charge on any atom is -0.468 e. The van der Waals surface area contributed by atoms with Gasteiger partial charge in [-0.1, -0.05) is 29.3 Å². The molecule has 0 radical (unpaired) electrons. The third-order valence-electron chi connectivity index (χ3n) is 6.22. The highest BCUT2D eigenvalue weighted by Gasteiger charge is 2.36. The van der Waals surface area contributed by atoms with E-state index < -0.39 is 34.3 Å². The SMILES string of the molecule is O=C(CN(Cc1ccco1)S(=O)(=O)c1ccc(F)cc1)N1CCc2sccc2C1c1ccc(Cl)cc1Cl. The molecule has 0 saturated carbocycles. The van der Waals surface area contributed by atoms with Crippen LogP contribution in [-0.4, -0.2) is 36.6 Å². The number of hydrogen-bond acceptors (Lipinski definition) is 5. The lowest BCUT2D eigenvalue weighted by Crippen LogP contribution is -2.46. The van der Waals surface area contributed by atoms with Gasteiger partial charge in [-0.3, -0.25) is 4.79 Å². The van der Waals surface area contributed by atoms with E-state index >= 15 is 0 Å². The molecular weight excluding hydrogens is 558 g/mol. The topological polar surface area (TPSA) is 70.8 Å². The van der Waals surface area contributed by atoms with Crippen LogP contribution in [0.4, 0.5) is 4.39 Å². The van der Waals surface area contributed by atoms with Crippen LogP contribution in [0.15, 0.2) is 81.6 Å². The molecule has 11 heteroatoms. The number of amides is 1. The summed E-state index contributed by atoms with van der Waals surface area (Å²) < 4.78 is 47.0. The van der Waals surface area contributed by atoms with Crippen molar-refractivity contribution in [3.8, 4) is 0 Å². The molecule has 0 bridgehead atoms. The zero-order valence-corrected chi connectivity index (χ0v) is 22.5. The molecule has 1 aliphatic heterocycles. The summed E-state index contributed by atoms with van der Waals surface area (Å²) in [7, 11) is -4.16. The van der Waals surface area contributed by atoms with Gasteiger partial charge >= 0.3 is 0 Å². The number of hydrogen-bond donors (Lipinski definition) is 0. The Bertz CT molecular complexity index is 1520. The van der Waals surface area contributed by atoms with E-state index in [0.717, 1.165) is 26.9 Å². The zero-order chi connectivity index (χ0) is 26.2. The molecule has 0 aliphatic carbocycles. The third-order valence-corrected chi connectivity index (χ3v) is 9.58. The standard InChI is InChI=1S/C26H21Cl2FN2O4S2/c27-17-3-8-21(23(28)14-17)26-22-10-13-36-24(22)9-11-31(26)25(32)16-30(15-19-2-1-12-35-19)37(33,34)20-6-4-18(29)5-7-20/h1-8,10,12-14,26H,9,11,15-16H2. The van der Waals surface area contributed by atoms with Gasteiger partial charge in [0.2, 0.25) is 15.9 Å². The summed E-state index contributed by atoms with van der Waals surface area (Å²) in [5.41, 5.74) is 1.66. The molecule has 1 unspecified atom stereocenters. The molecule has 37 heavy (non-hydrogen) atoms.